The molecule has 0 bridgehead atoms. The molecule has 1 aromatic carbocycles. The van der Waals surface area contributed by atoms with E-state index in [2.05, 4.69) is 11.3 Å². The zero-order chi connectivity index (χ0) is 12.2. The maximum absolute atomic E-state index is 11.8. The fraction of sp³-hybridized carbons (Fsp3) is 0.333. The second-order valence-electron chi connectivity index (χ2n) is 3.92. The predicted octanol–water partition coefficient (Wildman–Crippen LogP) is 2.24. The third kappa shape index (κ3) is 3.79. The molecule has 0 aromatic heterocycles. The lowest BCUT2D eigenvalue weighted by molar-refractivity contribution is 0.581. The van der Waals surface area contributed by atoms with Crippen molar-refractivity contribution in [3.05, 3.63) is 42.0 Å². The van der Waals surface area contributed by atoms with Crippen molar-refractivity contribution in [1.82, 2.24) is 4.72 Å². The van der Waals surface area contributed by atoms with E-state index in [9.17, 15) is 8.42 Å². The summed E-state index contributed by atoms with van der Waals surface area (Å²) in [5.74, 6) is 0. The molecule has 0 spiro atoms. The van der Waals surface area contributed by atoms with Crippen LogP contribution in [0.15, 0.2) is 41.3 Å². The van der Waals surface area contributed by atoms with Crippen molar-refractivity contribution in [2.45, 2.75) is 25.2 Å². The average Bonchev–Trinajstić information content (AvgIpc) is 2.17. The Bertz CT molecular complexity index is 460. The van der Waals surface area contributed by atoms with Gasteiger partial charge < -0.3 is 0 Å². The van der Waals surface area contributed by atoms with Gasteiger partial charge in [-0.25, -0.2) is 13.1 Å². The third-order valence-electron chi connectivity index (χ3n) is 2.18. The monoisotopic (exact) mass is 239 g/mol. The molecular weight excluding hydrogens is 222 g/mol. The Morgan fingerprint density at radius 3 is 2.38 bits per heavy atom. The predicted molar refractivity (Wildman–Crippen MR) is 65.8 cm³/mol. The van der Waals surface area contributed by atoms with Gasteiger partial charge in [0.05, 0.1) is 4.90 Å². The van der Waals surface area contributed by atoms with Crippen LogP contribution in [0, 0.1) is 6.92 Å². The molecule has 88 valence electrons. The van der Waals surface area contributed by atoms with Gasteiger partial charge in [0, 0.05) is 6.54 Å². The molecular formula is C12H17NO2S. The fourth-order valence-electron chi connectivity index (χ4n) is 1.20. The smallest absolute Gasteiger partial charge is 0.211 e. The maximum atomic E-state index is 11.8. The molecule has 0 saturated carbocycles. The highest BCUT2D eigenvalue weighted by Gasteiger charge is 2.12. The SMILES string of the molecule is C=C(C)CCNS(=O)(=O)c1ccc(C)cc1. The lowest BCUT2D eigenvalue weighted by Crippen LogP contribution is -2.24. The molecule has 0 atom stereocenters. The summed E-state index contributed by atoms with van der Waals surface area (Å²) in [5.41, 5.74) is 2.01. The van der Waals surface area contributed by atoms with Gasteiger partial charge in [-0.3, -0.25) is 0 Å². The third-order valence-corrected chi connectivity index (χ3v) is 3.65. The molecule has 0 aliphatic carbocycles. The standard InChI is InChI=1S/C12H17NO2S/c1-10(2)8-9-13-16(14,15)12-6-4-11(3)5-7-12/h4-7,13H,1,8-9H2,2-3H3. The van der Waals surface area contributed by atoms with E-state index in [0.29, 0.717) is 17.9 Å². The van der Waals surface area contributed by atoms with Crippen molar-refractivity contribution in [1.29, 1.82) is 0 Å². The second kappa shape index (κ2) is 5.27. The van der Waals surface area contributed by atoms with Crippen molar-refractivity contribution >= 4 is 10.0 Å². The Labute approximate surface area is 97.2 Å². The molecule has 1 aromatic rings. The van der Waals surface area contributed by atoms with Gasteiger partial charge in [-0.15, -0.1) is 6.58 Å². The summed E-state index contributed by atoms with van der Waals surface area (Å²) in [7, 11) is -3.36. The molecule has 0 fully saturated rings. The second-order valence-corrected chi connectivity index (χ2v) is 5.68. The lowest BCUT2D eigenvalue weighted by atomic mass is 10.2. The zero-order valence-electron chi connectivity index (χ0n) is 9.66. The van der Waals surface area contributed by atoms with Crippen molar-refractivity contribution in [3.63, 3.8) is 0 Å². The zero-order valence-corrected chi connectivity index (χ0v) is 10.5. The van der Waals surface area contributed by atoms with Crippen molar-refractivity contribution in [2.75, 3.05) is 6.54 Å². The summed E-state index contributed by atoms with van der Waals surface area (Å²) in [6.07, 6.45) is 0.658. The Balaban J connectivity index is 2.71. The molecule has 0 aliphatic rings. The molecule has 1 rings (SSSR count). The number of hydrogen-bond acceptors (Lipinski definition) is 2. The van der Waals surface area contributed by atoms with E-state index in [-0.39, 0.29) is 0 Å². The van der Waals surface area contributed by atoms with E-state index < -0.39 is 10.0 Å². The summed E-state index contributed by atoms with van der Waals surface area (Å²) in [6, 6.07) is 6.79. The van der Waals surface area contributed by atoms with Crippen LogP contribution in [0.3, 0.4) is 0 Å². The Morgan fingerprint density at radius 1 is 1.31 bits per heavy atom. The number of rotatable bonds is 5. The van der Waals surface area contributed by atoms with Crippen LogP contribution >= 0.6 is 0 Å². The van der Waals surface area contributed by atoms with E-state index in [0.717, 1.165) is 11.1 Å². The van der Waals surface area contributed by atoms with E-state index in [1.54, 1.807) is 24.3 Å². The topological polar surface area (TPSA) is 46.2 Å². The van der Waals surface area contributed by atoms with Gasteiger partial charge in [-0.05, 0) is 32.4 Å². The molecule has 3 nitrogen and oxygen atoms in total. The van der Waals surface area contributed by atoms with Crippen LogP contribution < -0.4 is 4.72 Å². The molecule has 0 amide bonds. The summed E-state index contributed by atoms with van der Waals surface area (Å²) in [6.45, 7) is 7.92. The average molecular weight is 239 g/mol. The molecule has 0 radical (unpaired) electrons. The first-order valence-electron chi connectivity index (χ1n) is 5.12. The highest BCUT2D eigenvalue weighted by atomic mass is 32.2. The number of nitrogens with one attached hydrogen (secondary N) is 1. The molecule has 16 heavy (non-hydrogen) atoms. The number of aryl methyl sites for hydroxylation is 1. The van der Waals surface area contributed by atoms with Crippen LogP contribution in [-0.4, -0.2) is 15.0 Å². The minimum atomic E-state index is -3.36. The molecule has 0 unspecified atom stereocenters. The van der Waals surface area contributed by atoms with Crippen molar-refractivity contribution < 1.29 is 8.42 Å². The van der Waals surface area contributed by atoms with Gasteiger partial charge in [-0.2, -0.15) is 0 Å². The van der Waals surface area contributed by atoms with Crippen LogP contribution in [-0.2, 0) is 10.0 Å². The van der Waals surface area contributed by atoms with Gasteiger partial charge in [0.2, 0.25) is 10.0 Å². The first kappa shape index (κ1) is 12.9. The normalized spacial score (nSPS) is 11.4. The van der Waals surface area contributed by atoms with Crippen molar-refractivity contribution in [2.24, 2.45) is 0 Å². The van der Waals surface area contributed by atoms with Gasteiger partial charge >= 0.3 is 0 Å². The largest absolute Gasteiger partial charge is 0.240 e. The van der Waals surface area contributed by atoms with E-state index in [1.165, 1.54) is 0 Å². The minimum Gasteiger partial charge on any atom is -0.211 e. The van der Waals surface area contributed by atoms with E-state index in [4.69, 9.17) is 0 Å². The Morgan fingerprint density at radius 2 is 1.88 bits per heavy atom. The molecule has 1 N–H and O–H groups in total. The summed E-state index contributed by atoms with van der Waals surface area (Å²) in [5, 5.41) is 0. The summed E-state index contributed by atoms with van der Waals surface area (Å²) in [4.78, 5) is 0.305. The van der Waals surface area contributed by atoms with E-state index >= 15 is 0 Å². The lowest BCUT2D eigenvalue weighted by Gasteiger charge is -2.06. The maximum Gasteiger partial charge on any atom is 0.240 e. The van der Waals surface area contributed by atoms with E-state index in [1.807, 2.05) is 13.8 Å². The quantitative estimate of drug-likeness (QED) is 0.801. The van der Waals surface area contributed by atoms with Gasteiger partial charge in [0.25, 0.3) is 0 Å². The summed E-state index contributed by atoms with van der Waals surface area (Å²) >= 11 is 0. The first-order chi connectivity index (χ1) is 7.42. The number of sulfonamides is 1. The highest BCUT2D eigenvalue weighted by molar-refractivity contribution is 7.89. The van der Waals surface area contributed by atoms with Crippen LogP contribution in [0.25, 0.3) is 0 Å². The fourth-order valence-corrected chi connectivity index (χ4v) is 2.23. The van der Waals surface area contributed by atoms with Crippen LogP contribution in [0.4, 0.5) is 0 Å². The Kier molecular flexibility index (Phi) is 4.26. The molecule has 0 saturated heterocycles. The first-order valence-corrected chi connectivity index (χ1v) is 6.61. The summed E-state index contributed by atoms with van der Waals surface area (Å²) < 4.78 is 26.1. The number of hydrogen-bond donors (Lipinski definition) is 1. The molecule has 0 heterocycles. The highest BCUT2D eigenvalue weighted by Crippen LogP contribution is 2.09. The van der Waals surface area contributed by atoms with Crippen LogP contribution in [0.2, 0.25) is 0 Å². The number of benzene rings is 1. The van der Waals surface area contributed by atoms with Gasteiger partial charge in [0.1, 0.15) is 0 Å². The van der Waals surface area contributed by atoms with Gasteiger partial charge in [0.15, 0.2) is 0 Å². The molecule has 4 heteroatoms. The van der Waals surface area contributed by atoms with Gasteiger partial charge in [-0.1, -0.05) is 23.3 Å². The molecule has 0 aliphatic heterocycles. The van der Waals surface area contributed by atoms with Crippen LogP contribution in [0.1, 0.15) is 18.9 Å². The Hall–Kier alpha value is -1.13. The van der Waals surface area contributed by atoms with Crippen molar-refractivity contribution in [3.8, 4) is 0 Å². The minimum absolute atomic E-state index is 0.305. The van der Waals surface area contributed by atoms with Crippen LogP contribution in [0.5, 0.6) is 0 Å².